The van der Waals surface area contributed by atoms with Crippen LogP contribution in [0.4, 0.5) is 5.69 Å². The van der Waals surface area contributed by atoms with Crippen LogP contribution in [0.15, 0.2) is 46.1 Å². The Hall–Kier alpha value is -2.29. The Bertz CT molecular complexity index is 1120. The molecular formula is C17H18ClN3O4S. The third-order valence-corrected chi connectivity index (χ3v) is 5.98. The van der Waals surface area contributed by atoms with Crippen molar-refractivity contribution < 1.29 is 13.2 Å². The molecule has 2 N–H and O–H groups in total. The van der Waals surface area contributed by atoms with Crippen LogP contribution in [-0.2, 0) is 21.3 Å². The summed E-state index contributed by atoms with van der Waals surface area (Å²) in [6.45, 7) is 2.57. The molecule has 138 valence electrons. The van der Waals surface area contributed by atoms with Crippen LogP contribution in [0.2, 0.25) is 5.02 Å². The van der Waals surface area contributed by atoms with Crippen molar-refractivity contribution in [1.29, 1.82) is 0 Å². The van der Waals surface area contributed by atoms with Crippen molar-refractivity contribution in [2.75, 3.05) is 18.4 Å². The Balaban J connectivity index is 1.97. The molecule has 26 heavy (non-hydrogen) atoms. The molecule has 7 nitrogen and oxygen atoms in total. The number of H-pyrrole nitrogens is 1. The van der Waals surface area contributed by atoms with Crippen LogP contribution < -0.4 is 10.3 Å². The van der Waals surface area contributed by atoms with E-state index in [1.165, 1.54) is 12.1 Å². The van der Waals surface area contributed by atoms with Crippen molar-refractivity contribution >= 4 is 38.2 Å². The fourth-order valence-electron chi connectivity index (χ4n) is 2.71. The topological polar surface area (TPSA) is 93.2 Å². The van der Waals surface area contributed by atoms with Gasteiger partial charge in [-0.3, -0.25) is 19.3 Å². The molecule has 0 aliphatic rings. The molecule has 0 aliphatic heterocycles. The van der Waals surface area contributed by atoms with Crippen LogP contribution in [-0.4, -0.2) is 31.9 Å². The second-order valence-electron chi connectivity index (χ2n) is 5.79. The molecule has 0 unspecified atom stereocenters. The number of benzene rings is 2. The fourth-order valence-corrected chi connectivity index (χ4v) is 4.26. The number of aromatic nitrogens is 2. The molecule has 0 fully saturated rings. The summed E-state index contributed by atoms with van der Waals surface area (Å²) >= 11 is 6.02. The maximum atomic E-state index is 12.7. The van der Waals surface area contributed by atoms with Crippen molar-refractivity contribution in [1.82, 2.24) is 9.78 Å². The van der Waals surface area contributed by atoms with Gasteiger partial charge in [-0.05, 0) is 42.8 Å². The van der Waals surface area contributed by atoms with E-state index in [0.717, 1.165) is 0 Å². The van der Waals surface area contributed by atoms with Gasteiger partial charge in [-0.15, -0.1) is 0 Å². The fraction of sp³-hybridized carbons (Fsp3) is 0.235. The number of rotatable bonds is 6. The second kappa shape index (κ2) is 7.14. The minimum absolute atomic E-state index is 0.0941. The van der Waals surface area contributed by atoms with Gasteiger partial charge >= 0.3 is 0 Å². The maximum absolute atomic E-state index is 12.7. The number of hydrogen-bond donors (Lipinski definition) is 2. The summed E-state index contributed by atoms with van der Waals surface area (Å²) in [4.78, 5) is 12.2. The highest BCUT2D eigenvalue weighted by Gasteiger charge is 2.19. The Morgan fingerprint density at radius 3 is 2.77 bits per heavy atom. The number of nitrogens with one attached hydrogen (secondary N) is 2. The van der Waals surface area contributed by atoms with Crippen molar-refractivity contribution in [3.05, 3.63) is 57.3 Å². The zero-order valence-electron chi connectivity index (χ0n) is 14.2. The van der Waals surface area contributed by atoms with Crippen molar-refractivity contribution in [2.45, 2.75) is 18.4 Å². The molecule has 0 saturated heterocycles. The van der Waals surface area contributed by atoms with Gasteiger partial charge in [0.05, 0.1) is 29.0 Å². The highest BCUT2D eigenvalue weighted by molar-refractivity contribution is 7.92. The molecule has 0 saturated carbocycles. The van der Waals surface area contributed by atoms with Crippen LogP contribution in [0.1, 0.15) is 5.56 Å². The molecule has 0 spiro atoms. The molecule has 0 aliphatic carbocycles. The van der Waals surface area contributed by atoms with Gasteiger partial charge in [0.25, 0.3) is 15.6 Å². The van der Waals surface area contributed by atoms with Crippen LogP contribution >= 0.6 is 11.6 Å². The van der Waals surface area contributed by atoms with Gasteiger partial charge in [0, 0.05) is 17.8 Å². The number of sulfonamides is 1. The Morgan fingerprint density at radius 2 is 2.04 bits per heavy atom. The molecular weight excluding hydrogens is 378 g/mol. The molecule has 1 heterocycles. The molecule has 0 radical (unpaired) electrons. The molecule has 0 atom stereocenters. The lowest BCUT2D eigenvalue weighted by Gasteiger charge is -2.11. The van der Waals surface area contributed by atoms with Gasteiger partial charge in [0.2, 0.25) is 0 Å². The minimum Gasteiger partial charge on any atom is -0.383 e. The number of methoxy groups -OCH3 is 1. The van der Waals surface area contributed by atoms with Crippen LogP contribution in [0.3, 0.4) is 0 Å². The molecule has 0 bridgehead atoms. The Labute approximate surface area is 155 Å². The largest absolute Gasteiger partial charge is 0.383 e. The summed E-state index contributed by atoms with van der Waals surface area (Å²) in [5.74, 6) is 0. The average Bonchev–Trinajstić information content (AvgIpc) is 2.90. The third kappa shape index (κ3) is 3.48. The first-order valence-electron chi connectivity index (χ1n) is 7.83. The van der Waals surface area contributed by atoms with Crippen molar-refractivity contribution in [2.24, 2.45) is 0 Å². The monoisotopic (exact) mass is 395 g/mol. The van der Waals surface area contributed by atoms with E-state index in [9.17, 15) is 13.2 Å². The van der Waals surface area contributed by atoms with Gasteiger partial charge in [-0.2, -0.15) is 0 Å². The van der Waals surface area contributed by atoms with E-state index < -0.39 is 10.0 Å². The summed E-state index contributed by atoms with van der Waals surface area (Å²) in [7, 11) is -2.25. The number of halogens is 1. The van der Waals surface area contributed by atoms with E-state index in [4.69, 9.17) is 16.3 Å². The van der Waals surface area contributed by atoms with Crippen molar-refractivity contribution in [3.8, 4) is 0 Å². The first-order valence-corrected chi connectivity index (χ1v) is 9.69. The predicted molar refractivity (Wildman–Crippen MR) is 101 cm³/mol. The number of fused-ring (bicyclic) bond motifs is 1. The van der Waals surface area contributed by atoms with Gasteiger partial charge in [0.1, 0.15) is 0 Å². The molecule has 3 rings (SSSR count). The summed E-state index contributed by atoms with van der Waals surface area (Å²) < 4.78 is 34.5. The van der Waals surface area contributed by atoms with Crippen LogP contribution in [0.5, 0.6) is 0 Å². The summed E-state index contributed by atoms with van der Waals surface area (Å²) in [5, 5.41) is 3.48. The van der Waals surface area contributed by atoms with E-state index in [2.05, 4.69) is 9.82 Å². The van der Waals surface area contributed by atoms with Crippen LogP contribution in [0, 0.1) is 6.92 Å². The molecule has 9 heteroatoms. The third-order valence-electron chi connectivity index (χ3n) is 4.05. The standard InChI is InChI=1S/C17H18ClN3O4S/c1-11-14(18)4-3-5-16(11)26(23,24)20-12-6-7-15-13(10-12)17(22)19-21(15)8-9-25-2/h3-7,10,20H,8-9H2,1-2H3,(H,19,22). The average molecular weight is 396 g/mol. The van der Waals surface area contributed by atoms with Gasteiger partial charge in [-0.1, -0.05) is 17.7 Å². The number of nitrogens with zero attached hydrogens (tertiary/aromatic N) is 1. The van der Waals surface area contributed by atoms with E-state index >= 15 is 0 Å². The van der Waals surface area contributed by atoms with E-state index in [1.54, 1.807) is 43.0 Å². The zero-order chi connectivity index (χ0) is 18.9. The first kappa shape index (κ1) is 18.5. The highest BCUT2D eigenvalue weighted by Crippen LogP contribution is 2.25. The van der Waals surface area contributed by atoms with Gasteiger partial charge in [-0.25, -0.2) is 8.42 Å². The number of aromatic amines is 1. The highest BCUT2D eigenvalue weighted by atomic mass is 35.5. The van der Waals surface area contributed by atoms with Crippen LogP contribution in [0.25, 0.3) is 10.9 Å². The normalized spacial score (nSPS) is 11.8. The predicted octanol–water partition coefficient (Wildman–Crippen LogP) is 2.74. The number of hydrogen-bond acceptors (Lipinski definition) is 4. The van der Waals surface area contributed by atoms with Gasteiger partial charge in [0.15, 0.2) is 0 Å². The van der Waals surface area contributed by atoms with Gasteiger partial charge < -0.3 is 4.74 Å². The zero-order valence-corrected chi connectivity index (χ0v) is 15.8. The Morgan fingerprint density at radius 1 is 1.27 bits per heavy atom. The quantitative estimate of drug-likeness (QED) is 0.671. The Kier molecular flexibility index (Phi) is 5.08. The van der Waals surface area contributed by atoms with Crippen molar-refractivity contribution in [3.63, 3.8) is 0 Å². The van der Waals surface area contributed by atoms with E-state index in [-0.39, 0.29) is 10.5 Å². The van der Waals surface area contributed by atoms with E-state index in [1.807, 2.05) is 0 Å². The lowest BCUT2D eigenvalue weighted by atomic mass is 10.2. The number of ether oxygens (including phenoxy) is 1. The number of anilines is 1. The van der Waals surface area contributed by atoms with E-state index in [0.29, 0.717) is 40.3 Å². The smallest absolute Gasteiger partial charge is 0.272 e. The first-order chi connectivity index (χ1) is 12.3. The lowest BCUT2D eigenvalue weighted by Crippen LogP contribution is -2.14. The summed E-state index contributed by atoms with van der Waals surface area (Å²) in [6, 6.07) is 9.49. The lowest BCUT2D eigenvalue weighted by molar-refractivity contribution is 0.184. The molecule has 3 aromatic rings. The molecule has 2 aromatic carbocycles. The SMILES string of the molecule is COCCn1[nH]c(=O)c2cc(NS(=O)(=O)c3cccc(Cl)c3C)ccc21. The maximum Gasteiger partial charge on any atom is 0.272 e. The summed E-state index contributed by atoms with van der Waals surface area (Å²) in [6.07, 6.45) is 0. The summed E-state index contributed by atoms with van der Waals surface area (Å²) in [5.41, 5.74) is 1.14. The minimum atomic E-state index is -3.83. The molecule has 0 amide bonds. The molecule has 1 aromatic heterocycles. The second-order valence-corrected chi connectivity index (χ2v) is 7.84.